The Morgan fingerprint density at radius 3 is 2.52 bits per heavy atom. The number of pyridine rings is 1. The van der Waals surface area contributed by atoms with E-state index >= 15 is 0 Å². The highest BCUT2D eigenvalue weighted by Crippen LogP contribution is 2.07. The van der Waals surface area contributed by atoms with Crippen LogP contribution in [0.15, 0.2) is 54.9 Å². The predicted octanol–water partition coefficient (Wildman–Crippen LogP) is 2.47. The Balaban J connectivity index is 1.52. The topological polar surface area (TPSA) is 87.5 Å². The number of nitrogens with one attached hydrogen (secondary N) is 3. The van der Waals surface area contributed by atoms with Crippen molar-refractivity contribution in [2.45, 2.75) is 33.0 Å². The largest absolute Gasteiger partial charge is 0.346 e. The van der Waals surface area contributed by atoms with Crippen LogP contribution in [-0.4, -0.2) is 27.4 Å². The Morgan fingerprint density at radius 2 is 1.81 bits per heavy atom. The number of hydrogen-bond donors (Lipinski definition) is 3. The number of amides is 3. The van der Waals surface area contributed by atoms with Crippen LogP contribution in [0.1, 0.15) is 35.5 Å². The van der Waals surface area contributed by atoms with Gasteiger partial charge in [-0.1, -0.05) is 18.2 Å². The molecule has 0 saturated heterocycles. The second kappa shape index (κ2) is 8.35. The average molecular weight is 365 g/mol. The Hall–Kier alpha value is -3.35. The van der Waals surface area contributed by atoms with Gasteiger partial charge in [-0.05, 0) is 43.7 Å². The van der Waals surface area contributed by atoms with Gasteiger partial charge >= 0.3 is 6.03 Å². The minimum absolute atomic E-state index is 0.0870. The Bertz CT molecular complexity index is 898. The molecule has 3 N–H and O–H groups in total. The van der Waals surface area contributed by atoms with Crippen molar-refractivity contribution < 1.29 is 9.59 Å². The average Bonchev–Trinajstić information content (AvgIpc) is 3.07. The second-order valence-electron chi connectivity index (χ2n) is 6.56. The molecule has 0 atom stereocenters. The minimum atomic E-state index is -0.209. The number of benzene rings is 1. The number of fused-ring (bicyclic) bond motifs is 1. The number of rotatable bonds is 6. The lowest BCUT2D eigenvalue weighted by Crippen LogP contribution is -2.39. The van der Waals surface area contributed by atoms with Crippen LogP contribution in [0.5, 0.6) is 0 Å². The first-order valence-corrected chi connectivity index (χ1v) is 8.85. The molecule has 0 aliphatic carbocycles. The zero-order valence-corrected chi connectivity index (χ0v) is 15.4. The molecule has 1 aromatic carbocycles. The highest BCUT2D eigenvalue weighted by atomic mass is 16.2. The lowest BCUT2D eigenvalue weighted by Gasteiger charge is -2.10. The van der Waals surface area contributed by atoms with Crippen LogP contribution in [0.4, 0.5) is 4.79 Å². The van der Waals surface area contributed by atoms with Crippen molar-refractivity contribution in [3.63, 3.8) is 0 Å². The molecule has 27 heavy (non-hydrogen) atoms. The summed E-state index contributed by atoms with van der Waals surface area (Å²) in [7, 11) is 0. The molecule has 3 rings (SSSR count). The molecule has 7 heteroatoms. The molecular weight excluding hydrogens is 342 g/mol. The summed E-state index contributed by atoms with van der Waals surface area (Å²) in [6, 6.07) is 12.8. The summed E-state index contributed by atoms with van der Waals surface area (Å²) in [4.78, 5) is 28.4. The summed E-state index contributed by atoms with van der Waals surface area (Å²) < 4.78 is 1.92. The summed E-state index contributed by atoms with van der Waals surface area (Å²) in [6.45, 7) is 4.57. The molecule has 0 fully saturated rings. The molecule has 3 amide bonds. The maximum absolute atomic E-state index is 12.3. The van der Waals surface area contributed by atoms with Gasteiger partial charge in [0.05, 0.1) is 12.2 Å². The maximum Gasteiger partial charge on any atom is 0.315 e. The zero-order valence-electron chi connectivity index (χ0n) is 15.4. The Labute approximate surface area is 157 Å². The number of carbonyl (C=O) groups excluding carboxylic acids is 2. The van der Waals surface area contributed by atoms with E-state index in [1.54, 1.807) is 12.1 Å². The number of imidazole rings is 1. The van der Waals surface area contributed by atoms with Crippen LogP contribution < -0.4 is 16.0 Å². The van der Waals surface area contributed by atoms with E-state index in [2.05, 4.69) is 20.9 Å². The fourth-order valence-electron chi connectivity index (χ4n) is 2.61. The molecule has 0 radical (unpaired) electrons. The molecular formula is C20H23N5O2. The maximum atomic E-state index is 12.3. The van der Waals surface area contributed by atoms with Gasteiger partial charge < -0.3 is 20.4 Å². The van der Waals surface area contributed by atoms with E-state index in [1.165, 1.54) is 0 Å². The number of aromatic nitrogens is 2. The third kappa shape index (κ3) is 5.07. The van der Waals surface area contributed by atoms with Crippen molar-refractivity contribution in [1.29, 1.82) is 0 Å². The molecule has 2 aromatic heterocycles. The first-order valence-electron chi connectivity index (χ1n) is 8.85. The minimum Gasteiger partial charge on any atom is -0.346 e. The normalized spacial score (nSPS) is 10.8. The van der Waals surface area contributed by atoms with Gasteiger partial charge in [0.15, 0.2) is 0 Å². The quantitative estimate of drug-likeness (QED) is 0.627. The van der Waals surface area contributed by atoms with Gasteiger partial charge in [0.2, 0.25) is 0 Å². The van der Waals surface area contributed by atoms with Gasteiger partial charge in [-0.3, -0.25) is 4.79 Å². The van der Waals surface area contributed by atoms with E-state index in [0.29, 0.717) is 18.7 Å². The van der Waals surface area contributed by atoms with E-state index in [0.717, 1.165) is 16.9 Å². The molecule has 0 aliphatic heterocycles. The van der Waals surface area contributed by atoms with Crippen molar-refractivity contribution in [3.8, 4) is 0 Å². The van der Waals surface area contributed by atoms with Crippen molar-refractivity contribution in [2.75, 3.05) is 0 Å². The van der Waals surface area contributed by atoms with Crippen molar-refractivity contribution >= 4 is 17.6 Å². The number of nitrogens with zero attached hydrogens (tertiary/aromatic N) is 2. The SMILES string of the molecule is CC(C)NC(=O)NCc1ccc(C(=O)NCc2cn3ccccc3n2)cc1. The third-order valence-electron chi connectivity index (χ3n) is 3.93. The lowest BCUT2D eigenvalue weighted by atomic mass is 10.1. The predicted molar refractivity (Wildman–Crippen MR) is 103 cm³/mol. The molecule has 0 aliphatic rings. The fraction of sp³-hybridized carbons (Fsp3) is 0.250. The van der Waals surface area contributed by atoms with E-state index in [-0.39, 0.29) is 18.0 Å². The van der Waals surface area contributed by atoms with Crippen LogP contribution in [0.3, 0.4) is 0 Å². The highest BCUT2D eigenvalue weighted by Gasteiger charge is 2.08. The van der Waals surface area contributed by atoms with Gasteiger partial charge in [0.25, 0.3) is 5.91 Å². The molecule has 0 spiro atoms. The van der Waals surface area contributed by atoms with Crippen LogP contribution in [0.25, 0.3) is 5.65 Å². The van der Waals surface area contributed by atoms with Crippen LogP contribution in [0, 0.1) is 0 Å². The standard InChI is InChI=1S/C20H23N5O2/c1-14(2)23-20(27)22-11-15-6-8-16(9-7-15)19(26)21-12-17-13-25-10-4-3-5-18(25)24-17/h3-10,13-14H,11-12H2,1-2H3,(H,21,26)(H2,22,23,27). The third-order valence-corrected chi connectivity index (χ3v) is 3.93. The summed E-state index contributed by atoms with van der Waals surface area (Å²) in [5, 5.41) is 8.41. The Morgan fingerprint density at radius 1 is 1.04 bits per heavy atom. The van der Waals surface area contributed by atoms with Crippen molar-refractivity contribution in [2.24, 2.45) is 0 Å². The molecule has 2 heterocycles. The van der Waals surface area contributed by atoms with E-state index in [4.69, 9.17) is 0 Å². The number of hydrogen-bond acceptors (Lipinski definition) is 3. The van der Waals surface area contributed by atoms with Gasteiger partial charge in [-0.15, -0.1) is 0 Å². The summed E-state index contributed by atoms with van der Waals surface area (Å²) in [5.41, 5.74) is 3.13. The summed E-state index contributed by atoms with van der Waals surface area (Å²) in [5.74, 6) is -0.163. The highest BCUT2D eigenvalue weighted by molar-refractivity contribution is 5.94. The van der Waals surface area contributed by atoms with Crippen LogP contribution in [-0.2, 0) is 13.1 Å². The van der Waals surface area contributed by atoms with Gasteiger partial charge in [0, 0.05) is 30.5 Å². The van der Waals surface area contributed by atoms with E-state index in [1.807, 2.05) is 61.0 Å². The van der Waals surface area contributed by atoms with Gasteiger partial charge in [-0.2, -0.15) is 0 Å². The molecule has 140 valence electrons. The number of carbonyl (C=O) groups is 2. The van der Waals surface area contributed by atoms with E-state index in [9.17, 15) is 9.59 Å². The lowest BCUT2D eigenvalue weighted by molar-refractivity contribution is 0.0950. The fourth-order valence-corrected chi connectivity index (χ4v) is 2.61. The van der Waals surface area contributed by atoms with Crippen LogP contribution in [0.2, 0.25) is 0 Å². The zero-order chi connectivity index (χ0) is 19.2. The summed E-state index contributed by atoms with van der Waals surface area (Å²) in [6.07, 6.45) is 3.81. The van der Waals surface area contributed by atoms with Gasteiger partial charge in [0.1, 0.15) is 5.65 Å². The monoisotopic (exact) mass is 365 g/mol. The molecule has 3 aromatic rings. The van der Waals surface area contributed by atoms with Crippen LogP contribution >= 0.6 is 0 Å². The molecule has 7 nitrogen and oxygen atoms in total. The summed E-state index contributed by atoms with van der Waals surface area (Å²) >= 11 is 0. The second-order valence-corrected chi connectivity index (χ2v) is 6.56. The first kappa shape index (κ1) is 18.4. The first-order chi connectivity index (χ1) is 13.0. The Kier molecular flexibility index (Phi) is 5.71. The smallest absolute Gasteiger partial charge is 0.315 e. The molecule has 0 bridgehead atoms. The molecule has 0 saturated carbocycles. The van der Waals surface area contributed by atoms with E-state index < -0.39 is 0 Å². The van der Waals surface area contributed by atoms with Crippen molar-refractivity contribution in [1.82, 2.24) is 25.3 Å². The van der Waals surface area contributed by atoms with Gasteiger partial charge in [-0.25, -0.2) is 9.78 Å². The molecule has 0 unspecified atom stereocenters. The number of urea groups is 1. The van der Waals surface area contributed by atoms with Crippen molar-refractivity contribution in [3.05, 3.63) is 71.7 Å².